The maximum absolute atomic E-state index is 12.9. The minimum Gasteiger partial charge on any atom is -0.497 e. The second-order valence-corrected chi connectivity index (χ2v) is 6.49. The zero-order valence-electron chi connectivity index (χ0n) is 14.8. The predicted octanol–water partition coefficient (Wildman–Crippen LogP) is 2.76. The Labute approximate surface area is 155 Å². The minimum atomic E-state index is -2.71. The first-order valence-electron chi connectivity index (χ1n) is 8.75. The van der Waals surface area contributed by atoms with Gasteiger partial charge >= 0.3 is 0 Å². The van der Waals surface area contributed by atoms with Crippen LogP contribution in [0.1, 0.15) is 24.2 Å². The normalized spacial score (nSPS) is 17.3. The number of hydrogen-bond acceptors (Lipinski definition) is 6. The molecule has 0 amide bonds. The van der Waals surface area contributed by atoms with Crippen LogP contribution in [0.5, 0.6) is 5.75 Å². The Hall–Kier alpha value is -2.81. The molecule has 0 bridgehead atoms. The number of benzene rings is 1. The van der Waals surface area contributed by atoms with Crippen molar-refractivity contribution >= 4 is 11.5 Å². The third-order valence-corrected chi connectivity index (χ3v) is 4.81. The highest BCUT2D eigenvalue weighted by Crippen LogP contribution is 2.22. The van der Waals surface area contributed by atoms with Crippen molar-refractivity contribution in [3.8, 4) is 5.75 Å². The first-order chi connectivity index (χ1) is 13.1. The summed E-state index contributed by atoms with van der Waals surface area (Å²) >= 11 is 0. The molecule has 3 aromatic rings. The van der Waals surface area contributed by atoms with Gasteiger partial charge in [0.1, 0.15) is 11.6 Å². The first kappa shape index (κ1) is 17.6. The summed E-state index contributed by atoms with van der Waals surface area (Å²) in [7, 11) is 1.65. The number of likely N-dealkylation sites (tertiary alicyclic amines) is 1. The Bertz CT molecular complexity index is 914. The van der Waals surface area contributed by atoms with E-state index in [9.17, 15) is 8.78 Å². The molecule has 2 aromatic heterocycles. The van der Waals surface area contributed by atoms with Gasteiger partial charge in [0.05, 0.1) is 7.11 Å². The van der Waals surface area contributed by atoms with E-state index in [4.69, 9.17) is 4.74 Å². The molecule has 7 nitrogen and oxygen atoms in total. The Morgan fingerprint density at radius 2 is 2.00 bits per heavy atom. The molecule has 3 heterocycles. The zero-order chi connectivity index (χ0) is 18.8. The predicted molar refractivity (Wildman–Crippen MR) is 96.0 cm³/mol. The monoisotopic (exact) mass is 374 g/mol. The molecule has 142 valence electrons. The maximum atomic E-state index is 12.9. The van der Waals surface area contributed by atoms with Crippen molar-refractivity contribution in [2.75, 3.05) is 25.5 Å². The van der Waals surface area contributed by atoms with Crippen LogP contribution in [0, 0.1) is 0 Å². The molecule has 1 N–H and O–H groups in total. The van der Waals surface area contributed by atoms with Crippen molar-refractivity contribution in [3.63, 3.8) is 0 Å². The minimum absolute atomic E-state index is 0.306. The fourth-order valence-electron chi connectivity index (χ4n) is 3.16. The van der Waals surface area contributed by atoms with Crippen molar-refractivity contribution < 1.29 is 13.5 Å². The molecule has 4 rings (SSSR count). The quantitative estimate of drug-likeness (QED) is 0.686. The topological polar surface area (TPSA) is 67.6 Å². The fraction of sp³-hybridized carbons (Fsp3) is 0.389. The summed E-state index contributed by atoms with van der Waals surface area (Å²) in [6, 6.07) is 11.8. The lowest BCUT2D eigenvalue weighted by Crippen LogP contribution is -2.50. The molecule has 1 aromatic carbocycles. The molecular formula is C18H20F2N6O. The van der Waals surface area contributed by atoms with Crippen molar-refractivity contribution in [3.05, 3.63) is 47.8 Å². The molecule has 0 aliphatic carbocycles. The van der Waals surface area contributed by atoms with E-state index in [1.807, 2.05) is 12.1 Å². The molecule has 1 unspecified atom stereocenters. The average Bonchev–Trinajstić information content (AvgIpc) is 3.09. The number of fused-ring (bicyclic) bond motifs is 1. The highest BCUT2D eigenvalue weighted by molar-refractivity contribution is 5.44. The van der Waals surface area contributed by atoms with Crippen LogP contribution in [0.4, 0.5) is 14.6 Å². The number of rotatable bonds is 7. The lowest BCUT2D eigenvalue weighted by atomic mass is 10.0. The molecule has 0 saturated carbocycles. The van der Waals surface area contributed by atoms with E-state index in [0.29, 0.717) is 24.1 Å². The van der Waals surface area contributed by atoms with Gasteiger partial charge in [0, 0.05) is 25.7 Å². The second-order valence-electron chi connectivity index (χ2n) is 6.49. The molecule has 1 fully saturated rings. The van der Waals surface area contributed by atoms with Crippen molar-refractivity contribution in [2.45, 2.75) is 25.4 Å². The van der Waals surface area contributed by atoms with Gasteiger partial charge in [-0.1, -0.05) is 12.1 Å². The van der Waals surface area contributed by atoms with Crippen LogP contribution >= 0.6 is 0 Å². The van der Waals surface area contributed by atoms with Crippen LogP contribution in [-0.4, -0.2) is 51.0 Å². The van der Waals surface area contributed by atoms with Crippen LogP contribution in [0.15, 0.2) is 36.4 Å². The van der Waals surface area contributed by atoms with E-state index in [1.54, 1.807) is 19.2 Å². The summed E-state index contributed by atoms with van der Waals surface area (Å²) in [6.45, 7) is 2.59. The van der Waals surface area contributed by atoms with E-state index in [0.717, 1.165) is 29.8 Å². The van der Waals surface area contributed by atoms with Gasteiger partial charge in [0.25, 0.3) is 6.43 Å². The highest BCUT2D eigenvalue weighted by atomic mass is 19.3. The number of nitrogens with zero attached hydrogens (tertiary/aromatic N) is 5. The number of methoxy groups -OCH3 is 1. The van der Waals surface area contributed by atoms with E-state index in [1.165, 1.54) is 5.56 Å². The van der Waals surface area contributed by atoms with Crippen molar-refractivity contribution in [2.24, 2.45) is 0 Å². The second kappa shape index (κ2) is 7.43. The molecule has 0 spiro atoms. The summed E-state index contributed by atoms with van der Waals surface area (Å²) < 4.78 is 32.2. The third kappa shape index (κ3) is 3.68. The SMILES string of the molecule is COc1ccc(CN2CCC2CNc2ccc3nnc(C(F)F)n3n2)cc1. The zero-order valence-corrected chi connectivity index (χ0v) is 14.8. The Morgan fingerprint density at radius 3 is 2.67 bits per heavy atom. The molecule has 27 heavy (non-hydrogen) atoms. The summed E-state index contributed by atoms with van der Waals surface area (Å²) in [5.74, 6) is 0.929. The van der Waals surface area contributed by atoms with Crippen LogP contribution in [0.2, 0.25) is 0 Å². The molecular weight excluding hydrogens is 354 g/mol. The standard InChI is InChI=1S/C18H20F2N6O/c1-27-14-4-2-12(3-5-14)11-25-9-8-13(25)10-21-15-6-7-16-22-23-18(17(19)20)26(16)24-15/h2-7,13,17H,8-11H2,1H3,(H,21,24). The third-order valence-electron chi connectivity index (χ3n) is 4.81. The van der Waals surface area contributed by atoms with Crippen LogP contribution < -0.4 is 10.1 Å². The van der Waals surface area contributed by atoms with Gasteiger partial charge in [0.15, 0.2) is 5.65 Å². The molecule has 9 heteroatoms. The van der Waals surface area contributed by atoms with Gasteiger partial charge in [-0.15, -0.1) is 15.3 Å². The summed E-state index contributed by atoms with van der Waals surface area (Å²) in [4.78, 5) is 2.37. The largest absolute Gasteiger partial charge is 0.497 e. The summed E-state index contributed by atoms with van der Waals surface area (Å²) in [5.41, 5.74) is 1.53. The van der Waals surface area contributed by atoms with Gasteiger partial charge in [-0.2, -0.15) is 4.52 Å². The van der Waals surface area contributed by atoms with E-state index in [2.05, 4.69) is 37.6 Å². The van der Waals surface area contributed by atoms with Gasteiger partial charge in [-0.3, -0.25) is 4.90 Å². The van der Waals surface area contributed by atoms with Crippen LogP contribution in [0.3, 0.4) is 0 Å². The Morgan fingerprint density at radius 1 is 1.19 bits per heavy atom. The van der Waals surface area contributed by atoms with E-state index < -0.39 is 12.2 Å². The molecule has 1 aliphatic heterocycles. The Balaban J connectivity index is 1.36. The molecule has 1 aliphatic rings. The number of ether oxygens (including phenoxy) is 1. The lowest BCUT2D eigenvalue weighted by Gasteiger charge is -2.41. The van der Waals surface area contributed by atoms with Gasteiger partial charge in [-0.25, -0.2) is 8.78 Å². The number of anilines is 1. The fourth-order valence-corrected chi connectivity index (χ4v) is 3.16. The van der Waals surface area contributed by atoms with Gasteiger partial charge < -0.3 is 10.1 Å². The van der Waals surface area contributed by atoms with E-state index in [-0.39, 0.29) is 0 Å². The lowest BCUT2D eigenvalue weighted by molar-refractivity contribution is 0.0912. The number of halogens is 2. The summed E-state index contributed by atoms with van der Waals surface area (Å²) in [5, 5.41) is 14.6. The smallest absolute Gasteiger partial charge is 0.299 e. The summed E-state index contributed by atoms with van der Waals surface area (Å²) in [6.07, 6.45) is -1.63. The average molecular weight is 374 g/mol. The highest BCUT2D eigenvalue weighted by Gasteiger charge is 2.27. The van der Waals surface area contributed by atoms with Crippen molar-refractivity contribution in [1.82, 2.24) is 24.7 Å². The van der Waals surface area contributed by atoms with E-state index >= 15 is 0 Å². The number of aromatic nitrogens is 4. The maximum Gasteiger partial charge on any atom is 0.299 e. The molecule has 0 radical (unpaired) electrons. The molecule has 1 saturated heterocycles. The van der Waals surface area contributed by atoms with Gasteiger partial charge in [-0.05, 0) is 36.2 Å². The number of hydrogen-bond donors (Lipinski definition) is 1. The Kier molecular flexibility index (Phi) is 4.85. The molecule has 1 atom stereocenters. The van der Waals surface area contributed by atoms with Gasteiger partial charge in [0.2, 0.25) is 5.82 Å². The van der Waals surface area contributed by atoms with Crippen LogP contribution in [0.25, 0.3) is 5.65 Å². The van der Waals surface area contributed by atoms with Crippen molar-refractivity contribution in [1.29, 1.82) is 0 Å². The first-order valence-corrected chi connectivity index (χ1v) is 8.75. The van der Waals surface area contributed by atoms with Crippen LogP contribution in [-0.2, 0) is 6.54 Å². The number of alkyl halides is 2. The number of nitrogens with one attached hydrogen (secondary N) is 1.